The van der Waals surface area contributed by atoms with Gasteiger partial charge in [0.1, 0.15) is 6.04 Å². The molecule has 0 saturated carbocycles. The van der Waals surface area contributed by atoms with Crippen LogP contribution in [0.2, 0.25) is 0 Å². The maximum Gasteiger partial charge on any atom is 0.338 e. The number of halogens is 2. The number of aliphatic carboxylic acids is 2. The quantitative estimate of drug-likeness (QED) is 0.225. The van der Waals surface area contributed by atoms with Crippen molar-refractivity contribution in [2.45, 2.75) is 25.2 Å². The summed E-state index contributed by atoms with van der Waals surface area (Å²) in [7, 11) is 0. The van der Waals surface area contributed by atoms with Gasteiger partial charge in [0.05, 0.1) is 18.4 Å². The molecule has 0 aliphatic heterocycles. The topological polar surface area (TPSA) is 219 Å². The molecule has 0 bridgehead atoms. The molecule has 0 aliphatic rings. The number of aromatic nitrogens is 4. The molecule has 2 heterocycles. The lowest BCUT2D eigenvalue weighted by molar-refractivity contribution is -0.145. The number of nitrogens with one attached hydrogen (secondary N) is 2. The molecule has 0 unspecified atom stereocenters. The zero-order valence-corrected chi connectivity index (χ0v) is 18.8. The Kier molecular flexibility index (Phi) is 7.35. The number of fused-ring (bicyclic) bond motifs is 1. The average molecular weight is 537 g/mol. The molecule has 8 N–H and O–H groups in total. The summed E-state index contributed by atoms with van der Waals surface area (Å²) >= 11 is 3.32. The van der Waals surface area contributed by atoms with Crippen LogP contribution in [0.15, 0.2) is 28.9 Å². The number of carbonyl (C=O) groups is 3. The molecule has 0 saturated heterocycles. The normalized spacial score (nSPS) is 12.6. The SMILES string of the molecule is Nc1nc(N)c2nc(CNc3ccc(C(=O)N[C@@H](C[C@@H](F)C(=O)O)C(=O)O)cc3Br)cnc2n1. The third kappa shape index (κ3) is 5.80. The number of anilines is 3. The van der Waals surface area contributed by atoms with Gasteiger partial charge in [-0.2, -0.15) is 9.97 Å². The number of hydrogen-bond acceptors (Lipinski definition) is 10. The summed E-state index contributed by atoms with van der Waals surface area (Å²) in [6.45, 7) is 0.227. The highest BCUT2D eigenvalue weighted by atomic mass is 79.9. The molecule has 1 amide bonds. The van der Waals surface area contributed by atoms with E-state index in [1.165, 1.54) is 18.3 Å². The highest BCUT2D eigenvalue weighted by Gasteiger charge is 2.28. The summed E-state index contributed by atoms with van der Waals surface area (Å²) in [6.07, 6.45) is -1.86. The second kappa shape index (κ2) is 10.2. The van der Waals surface area contributed by atoms with Crippen LogP contribution >= 0.6 is 15.9 Å². The Morgan fingerprint density at radius 3 is 2.50 bits per heavy atom. The van der Waals surface area contributed by atoms with Crippen molar-refractivity contribution in [2.75, 3.05) is 16.8 Å². The molecule has 0 radical (unpaired) electrons. The van der Waals surface area contributed by atoms with E-state index in [1.807, 2.05) is 0 Å². The number of nitrogens with two attached hydrogens (primary N) is 2. The number of nitrogens with zero attached hydrogens (tertiary/aromatic N) is 4. The molecule has 0 aliphatic carbocycles. The summed E-state index contributed by atoms with van der Waals surface area (Å²) in [5.74, 6) is -4.10. The Hall–Kier alpha value is -4.14. The fourth-order valence-electron chi connectivity index (χ4n) is 2.82. The maximum atomic E-state index is 13.4. The van der Waals surface area contributed by atoms with Gasteiger partial charge in [0.25, 0.3) is 5.91 Å². The Bertz CT molecular complexity index is 1280. The molecule has 2 atom stereocenters. The molecule has 13 nitrogen and oxygen atoms in total. The zero-order chi connectivity index (χ0) is 25.0. The first kappa shape index (κ1) is 24.5. The van der Waals surface area contributed by atoms with Crippen molar-refractivity contribution in [3.8, 4) is 0 Å². The zero-order valence-electron chi connectivity index (χ0n) is 17.2. The molecule has 15 heteroatoms. The summed E-state index contributed by atoms with van der Waals surface area (Å²) in [5.41, 5.74) is 13.1. The van der Waals surface area contributed by atoms with Crippen LogP contribution in [0, 0.1) is 0 Å². The number of rotatable bonds is 9. The van der Waals surface area contributed by atoms with Gasteiger partial charge in [0.15, 0.2) is 23.2 Å². The maximum absolute atomic E-state index is 13.4. The van der Waals surface area contributed by atoms with Crippen LogP contribution in [0.25, 0.3) is 11.2 Å². The summed E-state index contributed by atoms with van der Waals surface area (Å²) in [5, 5.41) is 23.0. The lowest BCUT2D eigenvalue weighted by Crippen LogP contribution is -2.43. The van der Waals surface area contributed by atoms with Crippen LogP contribution in [0.1, 0.15) is 22.5 Å². The number of alkyl halides is 1. The van der Waals surface area contributed by atoms with Gasteiger partial charge in [-0.05, 0) is 34.1 Å². The average Bonchev–Trinajstić information content (AvgIpc) is 2.77. The Morgan fingerprint density at radius 1 is 1.12 bits per heavy atom. The molecule has 178 valence electrons. The highest BCUT2D eigenvalue weighted by Crippen LogP contribution is 2.25. The number of amides is 1. The predicted molar refractivity (Wildman–Crippen MR) is 121 cm³/mol. The number of nitrogen functional groups attached to an aromatic ring is 2. The van der Waals surface area contributed by atoms with Crippen molar-refractivity contribution >= 4 is 62.4 Å². The highest BCUT2D eigenvalue weighted by molar-refractivity contribution is 9.10. The minimum absolute atomic E-state index is 0.0145. The lowest BCUT2D eigenvalue weighted by atomic mass is 10.1. The van der Waals surface area contributed by atoms with Crippen molar-refractivity contribution in [3.05, 3.63) is 40.1 Å². The largest absolute Gasteiger partial charge is 0.480 e. The molecule has 0 fully saturated rings. The van der Waals surface area contributed by atoms with Crippen molar-refractivity contribution < 1.29 is 29.0 Å². The number of benzene rings is 1. The summed E-state index contributed by atoms with van der Waals surface area (Å²) in [4.78, 5) is 50.6. The number of carboxylic acid groups (broad SMARTS) is 2. The van der Waals surface area contributed by atoms with Gasteiger partial charge in [-0.3, -0.25) is 4.79 Å². The van der Waals surface area contributed by atoms with Gasteiger partial charge in [-0.25, -0.2) is 23.9 Å². The fraction of sp³-hybridized carbons (Fsp3) is 0.211. The Balaban J connectivity index is 1.68. The third-order valence-electron chi connectivity index (χ3n) is 4.51. The second-order valence-corrected chi connectivity index (χ2v) is 7.81. The Labute approximate surface area is 198 Å². The van der Waals surface area contributed by atoms with Crippen LogP contribution in [0.4, 0.5) is 21.8 Å². The van der Waals surface area contributed by atoms with Gasteiger partial charge in [-0.1, -0.05) is 0 Å². The van der Waals surface area contributed by atoms with Crippen molar-refractivity contribution in [2.24, 2.45) is 0 Å². The molecule has 1 aromatic carbocycles. The van der Waals surface area contributed by atoms with Crippen LogP contribution in [-0.4, -0.2) is 60.2 Å². The molecule has 3 aromatic rings. The van der Waals surface area contributed by atoms with Gasteiger partial charge in [0.2, 0.25) is 5.95 Å². The predicted octanol–water partition coefficient (Wildman–Crippen LogP) is 0.955. The van der Waals surface area contributed by atoms with Crippen LogP contribution in [0.5, 0.6) is 0 Å². The number of carbonyl (C=O) groups excluding carboxylic acids is 1. The van der Waals surface area contributed by atoms with E-state index in [1.54, 1.807) is 6.07 Å². The first-order chi connectivity index (χ1) is 16.0. The molecule has 34 heavy (non-hydrogen) atoms. The van der Waals surface area contributed by atoms with E-state index in [2.05, 4.69) is 46.5 Å². The second-order valence-electron chi connectivity index (χ2n) is 6.95. The van der Waals surface area contributed by atoms with E-state index in [-0.39, 0.29) is 29.5 Å². The minimum atomic E-state index is -2.43. The van der Waals surface area contributed by atoms with E-state index >= 15 is 0 Å². The van der Waals surface area contributed by atoms with E-state index in [4.69, 9.17) is 21.7 Å². The molecule has 3 rings (SSSR count). The summed E-state index contributed by atoms with van der Waals surface area (Å²) in [6, 6.07) is 2.66. The molecular formula is C19H18BrFN8O5. The Morgan fingerprint density at radius 2 is 1.85 bits per heavy atom. The van der Waals surface area contributed by atoms with E-state index in [9.17, 15) is 18.8 Å². The lowest BCUT2D eigenvalue weighted by Gasteiger charge is -2.16. The van der Waals surface area contributed by atoms with Crippen molar-refractivity contribution in [3.63, 3.8) is 0 Å². The first-order valence-corrected chi connectivity index (χ1v) is 10.3. The van der Waals surface area contributed by atoms with Crippen LogP contribution in [-0.2, 0) is 16.1 Å². The van der Waals surface area contributed by atoms with E-state index in [0.29, 0.717) is 21.4 Å². The number of hydrogen-bond donors (Lipinski definition) is 6. The number of carboxylic acids is 2. The third-order valence-corrected chi connectivity index (χ3v) is 5.16. The van der Waals surface area contributed by atoms with Gasteiger partial charge in [-0.15, -0.1) is 0 Å². The van der Waals surface area contributed by atoms with Crippen LogP contribution < -0.4 is 22.1 Å². The molecule has 0 spiro atoms. The van der Waals surface area contributed by atoms with E-state index in [0.717, 1.165) is 0 Å². The fourth-order valence-corrected chi connectivity index (χ4v) is 3.34. The smallest absolute Gasteiger partial charge is 0.338 e. The van der Waals surface area contributed by atoms with E-state index < -0.39 is 36.5 Å². The summed E-state index contributed by atoms with van der Waals surface area (Å²) < 4.78 is 13.9. The van der Waals surface area contributed by atoms with Gasteiger partial charge < -0.3 is 32.3 Å². The van der Waals surface area contributed by atoms with Gasteiger partial charge in [0, 0.05) is 22.1 Å². The van der Waals surface area contributed by atoms with Crippen molar-refractivity contribution in [1.82, 2.24) is 25.3 Å². The molecule has 2 aromatic heterocycles. The van der Waals surface area contributed by atoms with Gasteiger partial charge >= 0.3 is 11.9 Å². The van der Waals surface area contributed by atoms with Crippen LogP contribution in [0.3, 0.4) is 0 Å². The monoisotopic (exact) mass is 536 g/mol. The molecular weight excluding hydrogens is 519 g/mol. The minimum Gasteiger partial charge on any atom is -0.480 e. The standard InChI is InChI=1S/C19H18BrFN8O5/c20-9-3-7(16(30)27-12(18(33)34)4-10(21)17(31)32)1-2-11(9)24-5-8-6-25-15-13(26-8)14(22)28-19(23)29-15/h1-3,6,10,12,24H,4-5H2,(H,27,30)(H,31,32)(H,33,34)(H4,22,23,25,28,29)/t10-,12+/m1/s1. The first-order valence-electron chi connectivity index (χ1n) is 9.53. The van der Waals surface area contributed by atoms with Crippen molar-refractivity contribution in [1.29, 1.82) is 0 Å².